The van der Waals surface area contributed by atoms with Crippen LogP contribution in [0.1, 0.15) is 55.5 Å². The molecule has 4 rings (SSSR count). The molecule has 3 aliphatic carbocycles. The van der Waals surface area contributed by atoms with Crippen LogP contribution < -0.4 is 5.56 Å². The first-order valence-corrected chi connectivity index (χ1v) is 9.22. The molecule has 1 saturated carbocycles. The summed E-state index contributed by atoms with van der Waals surface area (Å²) >= 11 is 0. The van der Waals surface area contributed by atoms with Gasteiger partial charge in [-0.15, -0.1) is 0 Å². The molecule has 0 unspecified atom stereocenters. The Morgan fingerprint density at radius 2 is 2.15 bits per heavy atom. The third kappa shape index (κ3) is 3.09. The van der Waals surface area contributed by atoms with Gasteiger partial charge >= 0.3 is 5.97 Å². The number of aromatic nitrogens is 1. The van der Waals surface area contributed by atoms with Crippen molar-refractivity contribution in [2.75, 3.05) is 6.61 Å². The first kappa shape index (κ1) is 18.4. The fourth-order valence-electron chi connectivity index (χ4n) is 4.52. The van der Waals surface area contributed by atoms with Crippen molar-refractivity contribution in [3.63, 3.8) is 0 Å². The zero-order valence-corrected chi connectivity index (χ0v) is 15.9. The highest BCUT2D eigenvalue weighted by atomic mass is 16.5. The van der Waals surface area contributed by atoms with Crippen molar-refractivity contribution < 1.29 is 9.53 Å². The Morgan fingerprint density at radius 1 is 1.42 bits per heavy atom. The van der Waals surface area contributed by atoms with Crippen molar-refractivity contribution in [2.24, 2.45) is 17.3 Å². The largest absolute Gasteiger partial charge is 0.461 e. The number of aryl methyl sites for hydroxylation is 1. The van der Waals surface area contributed by atoms with Gasteiger partial charge in [0, 0.05) is 12.1 Å². The molecule has 1 heterocycles. The lowest BCUT2D eigenvalue weighted by Crippen LogP contribution is -2.48. The zero-order valence-electron chi connectivity index (χ0n) is 15.9. The standard InChI is InChI=1S/C21H26N2O3/c1-12-16(13(2)23-20(25)17(12)10-22)7-8-19(24)26-11-14-5-6-15-9-18(14)21(15,3)4/h5,15,18H,6-9,11H2,1-4H3,(H,23,25)/t15-,18-/m0/s1. The van der Waals surface area contributed by atoms with Crippen molar-refractivity contribution in [3.05, 3.63) is 44.4 Å². The molecular formula is C21H26N2O3. The average molecular weight is 354 g/mol. The topological polar surface area (TPSA) is 83.0 Å². The van der Waals surface area contributed by atoms with E-state index in [1.165, 1.54) is 12.0 Å². The number of carbonyl (C=O) groups excluding carboxylic acids is 1. The van der Waals surface area contributed by atoms with Crippen molar-refractivity contribution in [2.45, 2.75) is 53.4 Å². The van der Waals surface area contributed by atoms with Gasteiger partial charge in [-0.05, 0) is 67.1 Å². The second kappa shape index (κ2) is 6.75. The van der Waals surface area contributed by atoms with Gasteiger partial charge in [0.15, 0.2) is 0 Å². The maximum absolute atomic E-state index is 12.2. The summed E-state index contributed by atoms with van der Waals surface area (Å²) in [5.74, 6) is 1.07. The normalized spacial score (nSPS) is 22.8. The van der Waals surface area contributed by atoms with Crippen LogP contribution in [0.2, 0.25) is 0 Å². The third-order valence-corrected chi connectivity index (χ3v) is 6.48. The number of nitrogens with one attached hydrogen (secondary N) is 1. The molecule has 1 N–H and O–H groups in total. The van der Waals surface area contributed by atoms with Crippen LogP contribution in [0, 0.1) is 42.4 Å². The Balaban J connectivity index is 1.58. The van der Waals surface area contributed by atoms with Crippen LogP contribution in [-0.2, 0) is 16.0 Å². The van der Waals surface area contributed by atoms with Crippen molar-refractivity contribution >= 4 is 5.97 Å². The van der Waals surface area contributed by atoms with Crippen molar-refractivity contribution in [1.29, 1.82) is 5.26 Å². The van der Waals surface area contributed by atoms with Crippen molar-refractivity contribution in [1.82, 2.24) is 4.98 Å². The van der Waals surface area contributed by atoms with Crippen LogP contribution in [0.25, 0.3) is 0 Å². The number of nitriles is 1. The van der Waals surface area contributed by atoms with Gasteiger partial charge in [-0.3, -0.25) is 9.59 Å². The number of nitrogens with zero attached hydrogens (tertiary/aromatic N) is 1. The van der Waals surface area contributed by atoms with Crippen LogP contribution in [0.15, 0.2) is 16.4 Å². The van der Waals surface area contributed by atoms with E-state index in [-0.39, 0.29) is 23.5 Å². The fourth-order valence-corrected chi connectivity index (χ4v) is 4.52. The number of rotatable bonds is 5. The lowest BCUT2D eigenvalue weighted by molar-refractivity contribution is -0.143. The van der Waals surface area contributed by atoms with Crippen LogP contribution >= 0.6 is 0 Å². The number of carbonyl (C=O) groups is 1. The number of pyridine rings is 1. The second-order valence-corrected chi connectivity index (χ2v) is 8.15. The highest BCUT2D eigenvalue weighted by Gasteiger charge is 2.51. The van der Waals surface area contributed by atoms with Gasteiger partial charge < -0.3 is 9.72 Å². The molecule has 0 amide bonds. The molecule has 0 saturated heterocycles. The summed E-state index contributed by atoms with van der Waals surface area (Å²) in [6, 6.07) is 1.94. The molecule has 1 fully saturated rings. The molecule has 3 aliphatic rings. The predicted octanol–water partition coefficient (Wildman–Crippen LogP) is 3.33. The zero-order chi connectivity index (χ0) is 19.1. The van der Waals surface area contributed by atoms with Crippen molar-refractivity contribution in [3.8, 4) is 6.07 Å². The molecule has 1 aromatic rings. The van der Waals surface area contributed by atoms with E-state index < -0.39 is 0 Å². The lowest BCUT2D eigenvalue weighted by atomic mass is 9.49. The Bertz CT molecular complexity index is 870. The molecule has 2 atom stereocenters. The minimum absolute atomic E-state index is 0.119. The first-order chi connectivity index (χ1) is 12.3. The van der Waals surface area contributed by atoms with Crippen LogP contribution in [-0.4, -0.2) is 17.6 Å². The quantitative estimate of drug-likeness (QED) is 0.649. The van der Waals surface area contributed by atoms with Gasteiger partial charge in [0.05, 0.1) is 0 Å². The summed E-state index contributed by atoms with van der Waals surface area (Å²) < 4.78 is 5.51. The van der Waals surface area contributed by atoms with Gasteiger partial charge in [0.1, 0.15) is 18.2 Å². The Kier molecular flexibility index (Phi) is 4.79. The molecule has 26 heavy (non-hydrogen) atoms. The molecule has 5 nitrogen and oxygen atoms in total. The number of hydrogen-bond acceptors (Lipinski definition) is 4. The summed E-state index contributed by atoms with van der Waals surface area (Å²) in [6.45, 7) is 8.53. The molecule has 138 valence electrons. The van der Waals surface area contributed by atoms with Gasteiger partial charge in [-0.1, -0.05) is 19.9 Å². The molecule has 5 heteroatoms. The van der Waals surface area contributed by atoms with E-state index in [0.717, 1.165) is 17.9 Å². The third-order valence-electron chi connectivity index (χ3n) is 6.48. The van der Waals surface area contributed by atoms with E-state index in [1.54, 1.807) is 13.8 Å². The van der Waals surface area contributed by atoms with Crippen LogP contribution in [0.4, 0.5) is 0 Å². The Labute approximate surface area is 154 Å². The van der Waals surface area contributed by atoms with Crippen LogP contribution in [0.3, 0.4) is 0 Å². The Morgan fingerprint density at radius 3 is 2.77 bits per heavy atom. The minimum atomic E-state index is -0.375. The van der Waals surface area contributed by atoms with Gasteiger partial charge in [-0.25, -0.2) is 0 Å². The van der Waals surface area contributed by atoms with E-state index in [4.69, 9.17) is 10.00 Å². The first-order valence-electron chi connectivity index (χ1n) is 9.22. The van der Waals surface area contributed by atoms with E-state index >= 15 is 0 Å². The summed E-state index contributed by atoms with van der Waals surface area (Å²) in [4.78, 5) is 26.7. The van der Waals surface area contributed by atoms with Gasteiger partial charge in [0.2, 0.25) is 0 Å². The maximum Gasteiger partial charge on any atom is 0.306 e. The average Bonchev–Trinajstić information content (AvgIpc) is 2.59. The maximum atomic E-state index is 12.2. The van der Waals surface area contributed by atoms with Crippen LogP contribution in [0.5, 0.6) is 0 Å². The van der Waals surface area contributed by atoms with E-state index in [1.807, 2.05) is 6.07 Å². The highest BCUT2D eigenvalue weighted by Crippen LogP contribution is 2.59. The number of H-pyrrole nitrogens is 1. The van der Waals surface area contributed by atoms with E-state index in [0.29, 0.717) is 35.6 Å². The summed E-state index contributed by atoms with van der Waals surface area (Å²) in [6.07, 6.45) is 5.24. The molecule has 0 aliphatic heterocycles. The SMILES string of the molecule is Cc1[nH]c(=O)c(C#N)c(C)c1CCC(=O)OCC1=CC[C@H]2C[C@@H]1C2(C)C. The molecule has 0 radical (unpaired) electrons. The number of fused-ring (bicyclic) bond motifs is 1. The number of esters is 1. The number of ether oxygens (including phenoxy) is 1. The number of aromatic amines is 1. The van der Waals surface area contributed by atoms with E-state index in [9.17, 15) is 9.59 Å². The molecule has 2 bridgehead atoms. The summed E-state index contributed by atoms with van der Waals surface area (Å²) in [7, 11) is 0. The molecular weight excluding hydrogens is 328 g/mol. The summed E-state index contributed by atoms with van der Waals surface area (Å²) in [5.41, 5.74) is 3.53. The molecule has 0 aromatic carbocycles. The highest BCUT2D eigenvalue weighted by molar-refractivity contribution is 5.70. The predicted molar refractivity (Wildman–Crippen MR) is 98.6 cm³/mol. The Hall–Kier alpha value is -2.35. The van der Waals surface area contributed by atoms with Gasteiger partial charge in [-0.2, -0.15) is 5.26 Å². The second-order valence-electron chi connectivity index (χ2n) is 8.15. The molecule has 0 spiro atoms. The molecule has 1 aromatic heterocycles. The lowest BCUT2D eigenvalue weighted by Gasteiger charge is -2.56. The number of allylic oxidation sites excluding steroid dienone is 1. The number of hydrogen-bond donors (Lipinski definition) is 1. The monoisotopic (exact) mass is 354 g/mol. The van der Waals surface area contributed by atoms with E-state index in [2.05, 4.69) is 24.9 Å². The summed E-state index contributed by atoms with van der Waals surface area (Å²) in [5, 5.41) is 9.12. The fraction of sp³-hybridized carbons (Fsp3) is 0.571. The minimum Gasteiger partial charge on any atom is -0.461 e. The van der Waals surface area contributed by atoms with Gasteiger partial charge in [0.25, 0.3) is 5.56 Å². The smallest absolute Gasteiger partial charge is 0.306 e.